The van der Waals surface area contributed by atoms with Gasteiger partial charge >= 0.3 is 11.9 Å². The summed E-state index contributed by atoms with van der Waals surface area (Å²) >= 11 is 0. The van der Waals surface area contributed by atoms with Gasteiger partial charge in [0.1, 0.15) is 17.7 Å². The number of aryl methyl sites for hydroxylation is 1. The first-order valence-corrected chi connectivity index (χ1v) is 9.23. The van der Waals surface area contributed by atoms with Gasteiger partial charge in [0.05, 0.1) is 18.7 Å². The van der Waals surface area contributed by atoms with Crippen molar-refractivity contribution in [2.24, 2.45) is 5.73 Å². The van der Waals surface area contributed by atoms with Crippen LogP contribution in [0.15, 0.2) is 30.6 Å². The molecule has 0 saturated heterocycles. The molecule has 0 spiro atoms. The van der Waals surface area contributed by atoms with Gasteiger partial charge in [0.15, 0.2) is 11.3 Å². The molecule has 0 saturated carbocycles. The number of carbonyl (C=O) groups excluding carboxylic acids is 3. The van der Waals surface area contributed by atoms with Crippen molar-refractivity contribution >= 4 is 29.4 Å². The fraction of sp³-hybridized carbons (Fsp3) is 0.200. The number of ether oxygens (including phenoxy) is 1. The quantitative estimate of drug-likeness (QED) is 0.505. The Hall–Kier alpha value is -4.28. The van der Waals surface area contributed by atoms with Gasteiger partial charge < -0.3 is 20.9 Å². The Bertz CT molecular complexity index is 1260. The average Bonchev–Trinajstić information content (AvgIpc) is 3.36. The van der Waals surface area contributed by atoms with Gasteiger partial charge in [-0.1, -0.05) is 6.07 Å². The fourth-order valence-electron chi connectivity index (χ4n) is 3.67. The number of aromatic nitrogens is 3. The summed E-state index contributed by atoms with van der Waals surface area (Å²) in [6.07, 6.45) is 2.35. The van der Waals surface area contributed by atoms with E-state index in [1.54, 1.807) is 18.2 Å². The normalized spacial score (nSPS) is 14.8. The number of imidazole rings is 1. The molecule has 4 rings (SSSR count). The number of nitrogens with one attached hydrogen (secondary N) is 1. The van der Waals surface area contributed by atoms with Crippen LogP contribution in [0.1, 0.15) is 65.4 Å². The maximum atomic E-state index is 12.9. The van der Waals surface area contributed by atoms with Crippen LogP contribution in [0.3, 0.4) is 0 Å². The lowest BCUT2D eigenvalue weighted by atomic mass is 10.0. The van der Waals surface area contributed by atoms with Crippen LogP contribution in [0.5, 0.6) is 0 Å². The van der Waals surface area contributed by atoms with E-state index >= 15 is 0 Å². The summed E-state index contributed by atoms with van der Waals surface area (Å²) in [6, 6.07) is 5.86. The Kier molecular flexibility index (Phi) is 4.85. The second-order valence-corrected chi connectivity index (χ2v) is 6.95. The highest BCUT2D eigenvalue weighted by Crippen LogP contribution is 2.32. The van der Waals surface area contributed by atoms with Crippen LogP contribution >= 0.6 is 0 Å². The van der Waals surface area contributed by atoms with Gasteiger partial charge in [0.25, 0.3) is 11.8 Å². The van der Waals surface area contributed by atoms with Crippen molar-refractivity contribution in [2.45, 2.75) is 18.9 Å². The Morgan fingerprint density at radius 3 is 2.71 bits per heavy atom. The van der Waals surface area contributed by atoms with Gasteiger partial charge in [-0.05, 0) is 36.1 Å². The maximum absolute atomic E-state index is 12.9. The van der Waals surface area contributed by atoms with E-state index in [2.05, 4.69) is 15.3 Å². The third-order valence-electron chi connectivity index (χ3n) is 5.13. The molecular weight excluding hydrogens is 406 g/mol. The van der Waals surface area contributed by atoms with Crippen molar-refractivity contribution in [1.29, 1.82) is 0 Å². The minimum Gasteiger partial charge on any atom is -0.477 e. The average molecular weight is 423 g/mol. The molecule has 1 aliphatic carbocycles. The van der Waals surface area contributed by atoms with Gasteiger partial charge in [-0.2, -0.15) is 0 Å². The molecule has 1 aromatic carbocycles. The molecule has 2 heterocycles. The maximum Gasteiger partial charge on any atom is 0.353 e. The number of nitrogens with two attached hydrogens (primary N) is 1. The van der Waals surface area contributed by atoms with Crippen LogP contribution in [0.25, 0.3) is 5.65 Å². The first-order chi connectivity index (χ1) is 14.8. The second kappa shape index (κ2) is 7.52. The lowest BCUT2D eigenvalue weighted by molar-refractivity contribution is 0.0599. The largest absolute Gasteiger partial charge is 0.477 e. The molecular formula is C20H17N5O6. The molecule has 31 heavy (non-hydrogen) atoms. The predicted molar refractivity (Wildman–Crippen MR) is 105 cm³/mol. The van der Waals surface area contributed by atoms with Gasteiger partial charge in [-0.3, -0.25) is 14.0 Å². The van der Waals surface area contributed by atoms with Crippen LogP contribution in [-0.2, 0) is 11.2 Å². The van der Waals surface area contributed by atoms with E-state index in [0.29, 0.717) is 18.4 Å². The number of hydrogen-bond donors (Lipinski definition) is 3. The number of carboxylic acids is 1. The molecule has 0 unspecified atom stereocenters. The smallest absolute Gasteiger partial charge is 0.353 e. The minimum absolute atomic E-state index is 0.118. The number of aromatic carboxylic acids is 1. The number of carbonyl (C=O) groups is 4. The lowest BCUT2D eigenvalue weighted by Gasteiger charge is -2.15. The minimum atomic E-state index is -1.32. The SMILES string of the molecule is COC(=O)c1ccc2c(c1)CC[C@@H]2NC(=O)c1cc(C(=O)O)n2cnc(C(N)=O)c2n1. The van der Waals surface area contributed by atoms with E-state index in [1.807, 2.05) is 0 Å². The standard InChI is InChI=1S/C20H17N5O6/c1-31-20(30)10-2-4-11-9(6-10)3-5-12(11)24-18(27)13-7-14(19(28)29)25-8-22-15(16(21)26)17(25)23-13/h2,4,6-8,12H,3,5H2,1H3,(H2,21,26)(H,24,27)(H,28,29)/t12-/m0/s1. The summed E-state index contributed by atoms with van der Waals surface area (Å²) < 4.78 is 5.81. The molecule has 11 heteroatoms. The monoisotopic (exact) mass is 423 g/mol. The van der Waals surface area contributed by atoms with E-state index in [0.717, 1.165) is 27.9 Å². The molecule has 3 aromatic rings. The number of benzene rings is 1. The number of nitrogens with zero attached hydrogens (tertiary/aromatic N) is 3. The molecule has 4 N–H and O–H groups in total. The zero-order valence-corrected chi connectivity index (χ0v) is 16.3. The number of fused-ring (bicyclic) bond motifs is 2. The highest BCUT2D eigenvalue weighted by atomic mass is 16.5. The van der Waals surface area contributed by atoms with E-state index in [9.17, 15) is 24.3 Å². The van der Waals surface area contributed by atoms with Crippen molar-refractivity contribution in [2.75, 3.05) is 7.11 Å². The van der Waals surface area contributed by atoms with Gasteiger partial charge in [-0.15, -0.1) is 0 Å². The van der Waals surface area contributed by atoms with E-state index in [4.69, 9.17) is 10.5 Å². The summed E-state index contributed by atoms with van der Waals surface area (Å²) in [4.78, 5) is 55.7. The molecule has 0 bridgehead atoms. The third kappa shape index (κ3) is 3.45. The predicted octanol–water partition coefficient (Wildman–Crippen LogP) is 0.730. The number of primary amides is 1. The first-order valence-electron chi connectivity index (χ1n) is 9.23. The van der Waals surface area contributed by atoms with Crippen LogP contribution in [0, 0.1) is 0 Å². The van der Waals surface area contributed by atoms with Crippen molar-refractivity contribution < 1.29 is 29.0 Å². The number of esters is 1. The van der Waals surface area contributed by atoms with Crippen LogP contribution in [-0.4, -0.2) is 50.3 Å². The zero-order valence-electron chi connectivity index (χ0n) is 16.3. The Morgan fingerprint density at radius 2 is 2.03 bits per heavy atom. The van der Waals surface area contributed by atoms with Crippen molar-refractivity contribution in [1.82, 2.24) is 19.7 Å². The molecule has 0 aliphatic heterocycles. The summed E-state index contributed by atoms with van der Waals surface area (Å²) in [6.45, 7) is 0. The molecule has 11 nitrogen and oxygen atoms in total. The van der Waals surface area contributed by atoms with Gasteiger partial charge in [0, 0.05) is 6.07 Å². The highest BCUT2D eigenvalue weighted by Gasteiger charge is 2.27. The van der Waals surface area contributed by atoms with Crippen molar-refractivity contribution in [3.63, 3.8) is 0 Å². The number of rotatable bonds is 5. The fourth-order valence-corrected chi connectivity index (χ4v) is 3.67. The van der Waals surface area contributed by atoms with E-state index < -0.39 is 23.8 Å². The van der Waals surface area contributed by atoms with E-state index in [-0.39, 0.29) is 28.8 Å². The summed E-state index contributed by atoms with van der Waals surface area (Å²) in [5.41, 5.74) is 6.62. The number of methoxy groups -OCH3 is 1. The van der Waals surface area contributed by atoms with E-state index in [1.165, 1.54) is 7.11 Å². The number of hydrogen-bond acceptors (Lipinski definition) is 7. The van der Waals surface area contributed by atoms with Crippen LogP contribution in [0.2, 0.25) is 0 Å². The molecule has 2 amide bonds. The molecule has 158 valence electrons. The summed E-state index contributed by atoms with van der Waals surface area (Å²) in [7, 11) is 1.30. The van der Waals surface area contributed by atoms with Crippen LogP contribution in [0.4, 0.5) is 0 Å². The summed E-state index contributed by atoms with van der Waals surface area (Å²) in [5, 5.41) is 12.3. The molecule has 0 radical (unpaired) electrons. The van der Waals surface area contributed by atoms with Crippen molar-refractivity contribution in [3.05, 3.63) is 64.4 Å². The van der Waals surface area contributed by atoms with Crippen LogP contribution < -0.4 is 11.1 Å². The molecule has 0 fully saturated rings. The lowest BCUT2D eigenvalue weighted by Crippen LogP contribution is -2.28. The zero-order chi connectivity index (χ0) is 22.3. The van der Waals surface area contributed by atoms with Gasteiger partial charge in [0.2, 0.25) is 0 Å². The molecule has 1 atom stereocenters. The Morgan fingerprint density at radius 1 is 1.26 bits per heavy atom. The number of amides is 2. The second-order valence-electron chi connectivity index (χ2n) is 6.95. The summed E-state index contributed by atoms with van der Waals surface area (Å²) in [5.74, 6) is -3.27. The highest BCUT2D eigenvalue weighted by molar-refractivity contribution is 6.00. The topological polar surface area (TPSA) is 166 Å². The molecule has 1 aliphatic rings. The third-order valence-corrected chi connectivity index (χ3v) is 5.13. The Balaban J connectivity index is 1.66. The number of carboxylic acid groups (broad SMARTS) is 1. The molecule has 2 aromatic heterocycles. The first kappa shape index (κ1) is 20.0. The van der Waals surface area contributed by atoms with Gasteiger partial charge in [-0.25, -0.2) is 19.6 Å². The Labute approximate surface area is 174 Å². The van der Waals surface area contributed by atoms with Crippen molar-refractivity contribution in [3.8, 4) is 0 Å².